The van der Waals surface area contributed by atoms with E-state index in [1.54, 1.807) is 11.8 Å². The molecule has 0 radical (unpaired) electrons. The Morgan fingerprint density at radius 2 is 2.25 bits per heavy atom. The molecular formula is C12H21NO2S. The van der Waals surface area contributed by atoms with E-state index in [4.69, 9.17) is 5.11 Å². The summed E-state index contributed by atoms with van der Waals surface area (Å²) in [6.07, 6.45) is 5.60. The van der Waals surface area contributed by atoms with Crippen molar-refractivity contribution in [1.29, 1.82) is 0 Å². The molecule has 3 nitrogen and oxygen atoms in total. The summed E-state index contributed by atoms with van der Waals surface area (Å²) in [7, 11) is 0. The Morgan fingerprint density at radius 3 is 2.69 bits per heavy atom. The van der Waals surface area contributed by atoms with Gasteiger partial charge in [0.15, 0.2) is 0 Å². The largest absolute Gasteiger partial charge is 0.395 e. The summed E-state index contributed by atoms with van der Waals surface area (Å²) in [5, 5.41) is 9.08. The van der Waals surface area contributed by atoms with E-state index in [1.807, 2.05) is 4.90 Å². The smallest absolute Gasteiger partial charge is 0.238 e. The Labute approximate surface area is 102 Å². The molecule has 1 unspecified atom stereocenters. The van der Waals surface area contributed by atoms with Crippen molar-refractivity contribution in [2.24, 2.45) is 0 Å². The Kier molecular flexibility index (Phi) is 3.80. The minimum absolute atomic E-state index is 0.0863. The monoisotopic (exact) mass is 243 g/mol. The molecule has 92 valence electrons. The first kappa shape index (κ1) is 12.2. The summed E-state index contributed by atoms with van der Waals surface area (Å²) in [5.41, 5.74) is 0. The van der Waals surface area contributed by atoms with E-state index in [2.05, 4.69) is 6.92 Å². The highest BCUT2D eigenvalue weighted by Crippen LogP contribution is 2.40. The van der Waals surface area contributed by atoms with E-state index >= 15 is 0 Å². The van der Waals surface area contributed by atoms with Crippen LogP contribution < -0.4 is 0 Å². The van der Waals surface area contributed by atoms with Gasteiger partial charge in [-0.15, -0.1) is 11.8 Å². The van der Waals surface area contributed by atoms with Gasteiger partial charge < -0.3 is 10.0 Å². The number of hydrogen-bond donors (Lipinski definition) is 1. The fourth-order valence-corrected chi connectivity index (χ4v) is 3.78. The molecule has 1 amide bonds. The predicted molar refractivity (Wildman–Crippen MR) is 66.5 cm³/mol. The quantitative estimate of drug-likeness (QED) is 0.816. The molecule has 1 N–H and O–H groups in total. The molecule has 0 spiro atoms. The van der Waals surface area contributed by atoms with Crippen molar-refractivity contribution in [3.63, 3.8) is 0 Å². The zero-order valence-electron chi connectivity index (χ0n) is 9.95. The molecule has 0 aromatic rings. The molecule has 0 bridgehead atoms. The van der Waals surface area contributed by atoms with Gasteiger partial charge in [-0.2, -0.15) is 0 Å². The zero-order chi connectivity index (χ0) is 11.6. The number of rotatable bonds is 4. The van der Waals surface area contributed by atoms with Gasteiger partial charge in [-0.1, -0.05) is 0 Å². The van der Waals surface area contributed by atoms with Crippen LogP contribution >= 0.6 is 11.8 Å². The highest BCUT2D eigenvalue weighted by molar-refractivity contribution is 8.01. The lowest BCUT2D eigenvalue weighted by atomic mass is 9.90. The SMILES string of the molecule is CC1(C(=O)N(CCO)C2CCC2)CCCS1. The van der Waals surface area contributed by atoms with Crippen LogP contribution in [0.1, 0.15) is 39.0 Å². The minimum Gasteiger partial charge on any atom is -0.395 e. The Bertz CT molecular complexity index is 260. The average Bonchev–Trinajstić information content (AvgIpc) is 2.62. The molecule has 1 atom stereocenters. The first-order valence-corrected chi connectivity index (χ1v) is 7.22. The standard InChI is InChI=1S/C12H21NO2S/c1-12(6-3-9-16-12)11(15)13(7-8-14)10-4-2-5-10/h10,14H,2-9H2,1H3. The van der Waals surface area contributed by atoms with Crippen molar-refractivity contribution >= 4 is 17.7 Å². The number of carbonyl (C=O) groups excluding carboxylic acids is 1. The van der Waals surface area contributed by atoms with Crippen LogP contribution in [-0.4, -0.2) is 45.6 Å². The Morgan fingerprint density at radius 1 is 1.50 bits per heavy atom. The van der Waals surface area contributed by atoms with Crippen molar-refractivity contribution in [2.75, 3.05) is 18.9 Å². The van der Waals surface area contributed by atoms with E-state index in [9.17, 15) is 4.79 Å². The second kappa shape index (κ2) is 4.96. The maximum Gasteiger partial charge on any atom is 0.238 e. The van der Waals surface area contributed by atoms with Gasteiger partial charge in [0.2, 0.25) is 5.91 Å². The second-order valence-electron chi connectivity index (χ2n) is 4.99. The van der Waals surface area contributed by atoms with Crippen LogP contribution in [0.15, 0.2) is 0 Å². The summed E-state index contributed by atoms with van der Waals surface area (Å²) >= 11 is 1.79. The number of aliphatic hydroxyl groups excluding tert-OH is 1. The molecule has 4 heteroatoms. The van der Waals surface area contributed by atoms with E-state index in [0.29, 0.717) is 12.6 Å². The third kappa shape index (κ3) is 2.23. The highest BCUT2D eigenvalue weighted by atomic mass is 32.2. The van der Waals surface area contributed by atoms with Crippen LogP contribution in [0.2, 0.25) is 0 Å². The second-order valence-corrected chi connectivity index (χ2v) is 6.59. The number of carbonyl (C=O) groups is 1. The summed E-state index contributed by atoms with van der Waals surface area (Å²) in [6.45, 7) is 2.67. The molecule has 0 aromatic heterocycles. The molecule has 1 saturated carbocycles. The lowest BCUT2D eigenvalue weighted by Gasteiger charge is -2.41. The predicted octanol–water partition coefficient (Wildman–Crippen LogP) is 1.65. The van der Waals surface area contributed by atoms with Crippen molar-refractivity contribution in [3.8, 4) is 0 Å². The van der Waals surface area contributed by atoms with Crippen molar-refractivity contribution < 1.29 is 9.90 Å². The summed E-state index contributed by atoms with van der Waals surface area (Å²) in [4.78, 5) is 14.4. The van der Waals surface area contributed by atoms with E-state index in [1.165, 1.54) is 6.42 Å². The lowest BCUT2D eigenvalue weighted by Crippen LogP contribution is -2.52. The number of hydrogen-bond acceptors (Lipinski definition) is 3. The zero-order valence-corrected chi connectivity index (χ0v) is 10.8. The normalized spacial score (nSPS) is 30.1. The summed E-state index contributed by atoms with van der Waals surface area (Å²) in [6, 6.07) is 0.401. The molecule has 1 aliphatic carbocycles. The van der Waals surface area contributed by atoms with E-state index in [-0.39, 0.29) is 17.3 Å². The molecule has 16 heavy (non-hydrogen) atoms. The topological polar surface area (TPSA) is 40.5 Å². The molecule has 2 aliphatic rings. The van der Waals surface area contributed by atoms with Gasteiger partial charge in [-0.05, 0) is 44.8 Å². The number of thioether (sulfide) groups is 1. The first-order chi connectivity index (χ1) is 7.67. The number of nitrogens with zero attached hydrogens (tertiary/aromatic N) is 1. The van der Waals surface area contributed by atoms with Crippen LogP contribution in [0.5, 0.6) is 0 Å². The van der Waals surface area contributed by atoms with E-state index < -0.39 is 0 Å². The van der Waals surface area contributed by atoms with Gasteiger partial charge in [-0.25, -0.2) is 0 Å². The third-order valence-electron chi connectivity index (χ3n) is 3.79. The van der Waals surface area contributed by atoms with Gasteiger partial charge >= 0.3 is 0 Å². The van der Waals surface area contributed by atoms with Gasteiger partial charge in [0.05, 0.1) is 11.4 Å². The Hall–Kier alpha value is -0.220. The van der Waals surface area contributed by atoms with E-state index in [0.717, 1.165) is 31.4 Å². The maximum absolute atomic E-state index is 12.5. The van der Waals surface area contributed by atoms with Crippen molar-refractivity contribution in [2.45, 2.75) is 49.8 Å². The fourth-order valence-electron chi connectivity index (χ4n) is 2.51. The van der Waals surface area contributed by atoms with Crippen LogP contribution in [0, 0.1) is 0 Å². The van der Waals surface area contributed by atoms with Gasteiger partial charge in [0, 0.05) is 12.6 Å². The summed E-state index contributed by atoms with van der Waals surface area (Å²) in [5.74, 6) is 1.36. The van der Waals surface area contributed by atoms with Gasteiger partial charge in [0.1, 0.15) is 0 Å². The fraction of sp³-hybridized carbons (Fsp3) is 0.917. The Balaban J connectivity index is 2.03. The summed E-state index contributed by atoms with van der Waals surface area (Å²) < 4.78 is -0.217. The third-order valence-corrected chi connectivity index (χ3v) is 5.30. The van der Waals surface area contributed by atoms with Crippen molar-refractivity contribution in [3.05, 3.63) is 0 Å². The lowest BCUT2D eigenvalue weighted by molar-refractivity contribution is -0.138. The van der Waals surface area contributed by atoms with Gasteiger partial charge in [0.25, 0.3) is 0 Å². The van der Waals surface area contributed by atoms with Gasteiger partial charge in [-0.3, -0.25) is 4.79 Å². The van der Waals surface area contributed by atoms with Crippen LogP contribution in [0.25, 0.3) is 0 Å². The molecule has 1 heterocycles. The highest BCUT2D eigenvalue weighted by Gasteiger charge is 2.42. The van der Waals surface area contributed by atoms with Crippen LogP contribution in [0.3, 0.4) is 0 Å². The molecule has 2 rings (SSSR count). The molecular weight excluding hydrogens is 222 g/mol. The first-order valence-electron chi connectivity index (χ1n) is 6.23. The molecule has 0 aromatic carbocycles. The van der Waals surface area contributed by atoms with Crippen molar-refractivity contribution in [1.82, 2.24) is 4.90 Å². The average molecular weight is 243 g/mol. The molecule has 1 aliphatic heterocycles. The molecule has 2 fully saturated rings. The van der Waals surface area contributed by atoms with Crippen LogP contribution in [-0.2, 0) is 4.79 Å². The maximum atomic E-state index is 12.5. The number of amides is 1. The minimum atomic E-state index is -0.217. The molecule has 1 saturated heterocycles. The number of aliphatic hydroxyl groups is 1. The van der Waals surface area contributed by atoms with Crippen LogP contribution in [0.4, 0.5) is 0 Å².